The molecule has 1 heterocycles. The van der Waals surface area contributed by atoms with E-state index in [-0.39, 0.29) is 22.8 Å². The van der Waals surface area contributed by atoms with Crippen molar-refractivity contribution in [3.63, 3.8) is 0 Å². The summed E-state index contributed by atoms with van der Waals surface area (Å²) in [7, 11) is 0.522. The molecule has 1 aromatic carbocycles. The highest BCUT2D eigenvalue weighted by molar-refractivity contribution is 7.89. The van der Waals surface area contributed by atoms with Gasteiger partial charge < -0.3 is 4.90 Å². The van der Waals surface area contributed by atoms with Gasteiger partial charge in [0.1, 0.15) is 5.82 Å². The van der Waals surface area contributed by atoms with Gasteiger partial charge in [-0.1, -0.05) is 0 Å². The van der Waals surface area contributed by atoms with Crippen molar-refractivity contribution in [1.82, 2.24) is 14.1 Å². The topological polar surface area (TPSA) is 43.9 Å². The Labute approximate surface area is 151 Å². The molecule has 0 spiro atoms. The molecule has 1 fully saturated rings. The largest absolute Gasteiger partial charge is 0.309 e. The first-order valence-corrected chi connectivity index (χ1v) is 10.2. The summed E-state index contributed by atoms with van der Waals surface area (Å²) in [4.78, 5) is 4.71. The SMILES string of the molecule is Cc1cc(S(=O)(=O)N2CC(C)N(CCCN(C)C)C(C)C2)ccc1F. The average Bonchev–Trinajstić information content (AvgIpc) is 2.52. The maximum Gasteiger partial charge on any atom is 0.243 e. The number of aryl methyl sites for hydroxylation is 1. The van der Waals surface area contributed by atoms with Gasteiger partial charge in [0.15, 0.2) is 0 Å². The van der Waals surface area contributed by atoms with Gasteiger partial charge in [-0.25, -0.2) is 12.8 Å². The van der Waals surface area contributed by atoms with Gasteiger partial charge in [-0.2, -0.15) is 4.31 Å². The molecule has 0 saturated carbocycles. The molecular weight excluding hydrogens is 341 g/mol. The molecule has 2 atom stereocenters. The minimum Gasteiger partial charge on any atom is -0.309 e. The van der Waals surface area contributed by atoms with Crippen molar-refractivity contribution in [1.29, 1.82) is 0 Å². The number of benzene rings is 1. The zero-order valence-electron chi connectivity index (χ0n) is 15.9. The monoisotopic (exact) mass is 371 g/mol. The number of sulfonamides is 1. The third-order valence-corrected chi connectivity index (χ3v) is 6.68. The lowest BCUT2D eigenvalue weighted by molar-refractivity contribution is 0.0740. The number of halogens is 1. The van der Waals surface area contributed by atoms with E-state index in [4.69, 9.17) is 0 Å². The van der Waals surface area contributed by atoms with Crippen molar-refractivity contribution >= 4 is 10.0 Å². The van der Waals surface area contributed by atoms with E-state index in [1.54, 1.807) is 6.92 Å². The zero-order valence-corrected chi connectivity index (χ0v) is 16.7. The van der Waals surface area contributed by atoms with E-state index in [0.717, 1.165) is 19.5 Å². The van der Waals surface area contributed by atoms with Crippen LogP contribution >= 0.6 is 0 Å². The van der Waals surface area contributed by atoms with E-state index in [1.165, 1.54) is 22.5 Å². The first-order valence-electron chi connectivity index (χ1n) is 8.79. The van der Waals surface area contributed by atoms with Crippen molar-refractivity contribution in [3.8, 4) is 0 Å². The molecule has 2 rings (SSSR count). The van der Waals surface area contributed by atoms with Gasteiger partial charge in [-0.05, 0) is 71.6 Å². The second-order valence-electron chi connectivity index (χ2n) is 7.33. The van der Waals surface area contributed by atoms with Gasteiger partial charge in [-0.15, -0.1) is 0 Å². The van der Waals surface area contributed by atoms with Crippen LogP contribution in [-0.4, -0.2) is 74.9 Å². The fourth-order valence-corrected chi connectivity index (χ4v) is 5.13. The van der Waals surface area contributed by atoms with Crippen LogP contribution in [0, 0.1) is 12.7 Å². The lowest BCUT2D eigenvalue weighted by Gasteiger charge is -2.44. The predicted molar refractivity (Wildman–Crippen MR) is 98.7 cm³/mol. The van der Waals surface area contributed by atoms with Crippen LogP contribution in [0.5, 0.6) is 0 Å². The Morgan fingerprint density at radius 1 is 1.20 bits per heavy atom. The molecule has 0 radical (unpaired) electrons. The molecule has 7 heteroatoms. The molecule has 2 unspecified atom stereocenters. The molecule has 0 amide bonds. The average molecular weight is 372 g/mol. The van der Waals surface area contributed by atoms with Gasteiger partial charge >= 0.3 is 0 Å². The number of rotatable bonds is 6. The second-order valence-corrected chi connectivity index (χ2v) is 9.26. The molecule has 0 bridgehead atoms. The van der Waals surface area contributed by atoms with Crippen LogP contribution in [0.1, 0.15) is 25.8 Å². The third-order valence-electron chi connectivity index (χ3n) is 4.86. The Kier molecular flexibility index (Phi) is 6.59. The maximum absolute atomic E-state index is 13.5. The molecule has 5 nitrogen and oxygen atoms in total. The van der Waals surface area contributed by atoms with E-state index in [0.29, 0.717) is 18.7 Å². The van der Waals surface area contributed by atoms with Crippen molar-refractivity contribution in [2.45, 2.75) is 44.2 Å². The summed E-state index contributed by atoms with van der Waals surface area (Å²) in [5.74, 6) is -0.383. The molecular formula is C18H30FN3O2S. The number of hydrogen-bond donors (Lipinski definition) is 0. The highest BCUT2D eigenvalue weighted by Gasteiger charge is 2.35. The van der Waals surface area contributed by atoms with Gasteiger partial charge in [0.2, 0.25) is 10.0 Å². The van der Waals surface area contributed by atoms with E-state index < -0.39 is 10.0 Å². The Morgan fingerprint density at radius 2 is 1.80 bits per heavy atom. The molecule has 1 aromatic rings. The number of hydrogen-bond acceptors (Lipinski definition) is 4. The molecule has 1 saturated heterocycles. The van der Waals surface area contributed by atoms with Crippen molar-refractivity contribution in [2.75, 3.05) is 40.3 Å². The zero-order chi connectivity index (χ0) is 18.8. The fraction of sp³-hybridized carbons (Fsp3) is 0.667. The van der Waals surface area contributed by atoms with Crippen molar-refractivity contribution in [3.05, 3.63) is 29.6 Å². The van der Waals surface area contributed by atoms with Crippen LogP contribution in [0.4, 0.5) is 4.39 Å². The molecule has 1 aliphatic heterocycles. The van der Waals surface area contributed by atoms with Crippen LogP contribution < -0.4 is 0 Å². The van der Waals surface area contributed by atoms with Crippen LogP contribution in [-0.2, 0) is 10.0 Å². The van der Waals surface area contributed by atoms with Gasteiger partial charge in [-0.3, -0.25) is 4.90 Å². The van der Waals surface area contributed by atoms with Crippen LogP contribution in [0.25, 0.3) is 0 Å². The first-order chi connectivity index (χ1) is 11.6. The van der Waals surface area contributed by atoms with Crippen molar-refractivity contribution < 1.29 is 12.8 Å². The second kappa shape index (κ2) is 8.12. The summed E-state index contributed by atoms with van der Waals surface area (Å²) in [6.45, 7) is 8.64. The molecule has 1 aliphatic rings. The van der Waals surface area contributed by atoms with Crippen LogP contribution in [0.2, 0.25) is 0 Å². The molecule has 0 N–H and O–H groups in total. The normalized spacial score (nSPS) is 23.3. The molecule has 142 valence electrons. The summed E-state index contributed by atoms with van der Waals surface area (Å²) in [6, 6.07) is 4.32. The Morgan fingerprint density at radius 3 is 2.32 bits per heavy atom. The summed E-state index contributed by atoms with van der Waals surface area (Å²) in [6.07, 6.45) is 1.06. The van der Waals surface area contributed by atoms with E-state index in [1.807, 2.05) is 0 Å². The smallest absolute Gasteiger partial charge is 0.243 e. The Balaban J connectivity index is 2.10. The Hall–Kier alpha value is -1.02. The Bertz CT molecular complexity index is 682. The minimum absolute atomic E-state index is 0.155. The fourth-order valence-electron chi connectivity index (χ4n) is 3.44. The van der Waals surface area contributed by atoms with E-state index in [9.17, 15) is 12.8 Å². The lowest BCUT2D eigenvalue weighted by atomic mass is 10.1. The van der Waals surface area contributed by atoms with Crippen LogP contribution in [0.15, 0.2) is 23.1 Å². The predicted octanol–water partition coefficient (Wildman–Crippen LogP) is 2.17. The number of piperazine rings is 1. The number of nitrogens with zero attached hydrogens (tertiary/aromatic N) is 3. The summed E-state index contributed by atoms with van der Waals surface area (Å²) in [5.41, 5.74) is 0.351. The van der Waals surface area contributed by atoms with Crippen LogP contribution in [0.3, 0.4) is 0 Å². The van der Waals surface area contributed by atoms with Gasteiger partial charge in [0, 0.05) is 31.7 Å². The highest BCUT2D eigenvalue weighted by Crippen LogP contribution is 2.24. The highest BCUT2D eigenvalue weighted by atomic mass is 32.2. The summed E-state index contributed by atoms with van der Waals surface area (Å²) in [5, 5.41) is 0. The maximum atomic E-state index is 13.5. The van der Waals surface area contributed by atoms with E-state index >= 15 is 0 Å². The summed E-state index contributed by atoms with van der Waals surface area (Å²) >= 11 is 0. The molecule has 0 aromatic heterocycles. The first kappa shape index (κ1) is 20.3. The van der Waals surface area contributed by atoms with E-state index in [2.05, 4.69) is 37.7 Å². The van der Waals surface area contributed by atoms with Gasteiger partial charge in [0.25, 0.3) is 0 Å². The molecule has 0 aliphatic carbocycles. The lowest BCUT2D eigenvalue weighted by Crippen LogP contribution is -2.58. The van der Waals surface area contributed by atoms with Gasteiger partial charge in [0.05, 0.1) is 4.90 Å². The quantitative estimate of drug-likeness (QED) is 0.769. The summed E-state index contributed by atoms with van der Waals surface area (Å²) < 4.78 is 40.9. The molecule has 25 heavy (non-hydrogen) atoms. The minimum atomic E-state index is -3.59. The standard InChI is InChI=1S/C18H30FN3O2S/c1-14-11-17(7-8-18(14)19)25(23,24)21-12-15(2)22(16(3)13-21)10-6-9-20(4)5/h7-8,11,15-16H,6,9-10,12-13H2,1-5H3. The third kappa shape index (κ3) is 4.78. The van der Waals surface area contributed by atoms with Crippen molar-refractivity contribution in [2.24, 2.45) is 0 Å².